The van der Waals surface area contributed by atoms with Gasteiger partial charge in [-0.2, -0.15) is 0 Å². The minimum Gasteiger partial charge on any atom is -0.457 e. The maximum Gasteiger partial charge on any atom is 0.149 e. The third kappa shape index (κ3) is 5.46. The number of aryl methyl sites for hydroxylation is 2. The zero-order valence-corrected chi connectivity index (χ0v) is 20.2. The van der Waals surface area contributed by atoms with Gasteiger partial charge in [0, 0.05) is 21.1 Å². The molecule has 2 atom stereocenters. The quantitative estimate of drug-likeness (QED) is 0.292. The van der Waals surface area contributed by atoms with E-state index in [1.54, 1.807) is 6.34 Å². The van der Waals surface area contributed by atoms with Crippen LogP contribution in [0, 0.1) is 17.4 Å². The largest absolute Gasteiger partial charge is 0.457 e. The Labute approximate surface area is 188 Å². The van der Waals surface area contributed by atoms with Gasteiger partial charge in [0.15, 0.2) is 0 Å². The molecule has 0 bridgehead atoms. The van der Waals surface area contributed by atoms with Crippen LogP contribution in [-0.2, 0) is 4.74 Å². The van der Waals surface area contributed by atoms with Gasteiger partial charge in [0.2, 0.25) is 0 Å². The summed E-state index contributed by atoms with van der Waals surface area (Å²) in [4.78, 5) is 4.60. The highest BCUT2D eigenvalue weighted by Gasteiger charge is 2.29. The van der Waals surface area contributed by atoms with E-state index in [1.165, 1.54) is 0 Å². The number of nitrogens with one attached hydrogen (secondary N) is 2. The third-order valence-corrected chi connectivity index (χ3v) is 6.87. The van der Waals surface area contributed by atoms with Gasteiger partial charge in [0.05, 0.1) is 18.1 Å². The van der Waals surface area contributed by atoms with Crippen molar-refractivity contribution >= 4 is 50.5 Å². The first-order chi connectivity index (χ1) is 13.3. The van der Waals surface area contributed by atoms with Gasteiger partial charge in [0.25, 0.3) is 0 Å². The minimum absolute atomic E-state index is 0.168. The lowest BCUT2D eigenvalue weighted by Crippen LogP contribution is -2.58. The second kappa shape index (κ2) is 9.11. The normalized spacial score (nSPS) is 22.4. The van der Waals surface area contributed by atoms with Gasteiger partial charge in [-0.1, -0.05) is 0 Å². The first-order valence-corrected chi connectivity index (χ1v) is 11.1. The molecule has 150 valence electrons. The molecule has 1 fully saturated rings. The van der Waals surface area contributed by atoms with Crippen molar-refractivity contribution in [3.05, 3.63) is 49.5 Å². The van der Waals surface area contributed by atoms with Gasteiger partial charge in [-0.3, -0.25) is 0 Å². The summed E-state index contributed by atoms with van der Waals surface area (Å²) in [6.07, 6.45) is 1.89. The van der Waals surface area contributed by atoms with Gasteiger partial charge >= 0.3 is 0 Å². The fourth-order valence-corrected chi connectivity index (χ4v) is 3.79. The zero-order chi connectivity index (χ0) is 20.3. The molecule has 1 aliphatic rings. The van der Waals surface area contributed by atoms with Crippen LogP contribution in [0.4, 0.5) is 5.69 Å². The van der Waals surface area contributed by atoms with Crippen LogP contribution in [0.25, 0.3) is 0 Å². The van der Waals surface area contributed by atoms with Crippen molar-refractivity contribution < 1.29 is 9.47 Å². The Bertz CT molecular complexity index is 890. The Kier molecular flexibility index (Phi) is 7.01. The van der Waals surface area contributed by atoms with Gasteiger partial charge in [-0.15, -0.1) is 0 Å². The van der Waals surface area contributed by atoms with E-state index in [4.69, 9.17) is 9.47 Å². The number of halogens is 2. The highest BCUT2D eigenvalue weighted by atomic mass is 127. The summed E-state index contributed by atoms with van der Waals surface area (Å²) in [5, 5.41) is 6.64. The van der Waals surface area contributed by atoms with E-state index in [0.717, 1.165) is 49.4 Å². The summed E-state index contributed by atoms with van der Waals surface area (Å²) >= 11 is 5.79. The number of morpholine rings is 1. The molecule has 28 heavy (non-hydrogen) atoms. The molecule has 0 aliphatic carbocycles. The first-order valence-electron chi connectivity index (χ1n) is 9.19. The number of rotatable bonds is 5. The number of aliphatic imine (C=N–C) groups is 1. The van der Waals surface area contributed by atoms with E-state index in [2.05, 4.69) is 61.1 Å². The van der Waals surface area contributed by atoms with Crippen LogP contribution in [0.3, 0.4) is 0 Å². The minimum atomic E-state index is -0.452. The maximum atomic E-state index is 6.09. The second-order valence-corrected chi connectivity index (χ2v) is 9.29. The van der Waals surface area contributed by atoms with E-state index in [-0.39, 0.29) is 6.10 Å². The summed E-state index contributed by atoms with van der Waals surface area (Å²) in [7, 11) is 0. The van der Waals surface area contributed by atoms with Gasteiger partial charge in [-0.05, 0) is 108 Å². The van der Waals surface area contributed by atoms with Crippen LogP contribution in [-0.4, -0.2) is 31.3 Å². The summed E-state index contributed by atoms with van der Waals surface area (Å²) in [6.45, 7) is 9.75. The molecule has 2 unspecified atom stereocenters. The Balaban J connectivity index is 1.71. The lowest BCUT2D eigenvalue weighted by Gasteiger charge is -2.37. The van der Waals surface area contributed by atoms with E-state index < -0.39 is 5.72 Å². The molecule has 1 aliphatic heterocycles. The molecule has 0 saturated carbocycles. The predicted octanol–water partition coefficient (Wildman–Crippen LogP) is 5.44. The molecule has 0 spiro atoms. The fourth-order valence-electron chi connectivity index (χ4n) is 3.06. The molecule has 0 radical (unpaired) electrons. The molecule has 0 amide bonds. The van der Waals surface area contributed by atoms with Crippen molar-refractivity contribution in [1.29, 1.82) is 0 Å². The summed E-state index contributed by atoms with van der Waals surface area (Å²) in [5.41, 5.74) is 2.53. The lowest BCUT2D eigenvalue weighted by molar-refractivity contribution is -0.105. The monoisotopic (exact) mass is 557 g/mol. The van der Waals surface area contributed by atoms with Gasteiger partial charge < -0.3 is 20.1 Å². The van der Waals surface area contributed by atoms with Crippen molar-refractivity contribution in [3.63, 3.8) is 0 Å². The number of hydrogen-bond donors (Lipinski definition) is 2. The maximum absolute atomic E-state index is 6.09. The molecule has 1 heterocycles. The zero-order valence-electron chi connectivity index (χ0n) is 16.5. The molecule has 5 nitrogen and oxygen atoms in total. The Morgan fingerprint density at radius 2 is 2.11 bits per heavy atom. The second-order valence-electron chi connectivity index (χ2n) is 7.27. The topological polar surface area (TPSA) is 54.9 Å². The Hall–Kier alpha value is -1.16. The van der Waals surface area contributed by atoms with Crippen LogP contribution in [0.2, 0.25) is 0 Å². The predicted molar refractivity (Wildman–Crippen MR) is 126 cm³/mol. The Morgan fingerprint density at radius 3 is 2.82 bits per heavy atom. The standard InChI is InChI=1S/C21H25BrIN3O2/c1-13-8-20(27-16-5-6-17(22)18(23)9-16)14(2)7-19(13)25-12-26-21(4)11-24-10-15(3)28-21/h5-9,12,15,24H,10-11H2,1-4H3,(H,25,26). The molecular formula is C21H25BrIN3O2. The van der Waals surface area contributed by atoms with Crippen LogP contribution in [0.15, 0.2) is 39.8 Å². The van der Waals surface area contributed by atoms with E-state index in [1.807, 2.05) is 51.1 Å². The summed E-state index contributed by atoms with van der Waals surface area (Å²) < 4.78 is 14.2. The van der Waals surface area contributed by atoms with E-state index in [9.17, 15) is 0 Å². The average Bonchev–Trinajstić information content (AvgIpc) is 2.62. The van der Waals surface area contributed by atoms with Gasteiger partial charge in [-0.25, -0.2) is 4.99 Å². The average molecular weight is 558 g/mol. The summed E-state index contributed by atoms with van der Waals surface area (Å²) in [5.74, 6) is 1.65. The number of ether oxygens (including phenoxy) is 2. The molecule has 2 aromatic carbocycles. The number of benzene rings is 2. The van der Waals surface area contributed by atoms with Crippen LogP contribution in [0.1, 0.15) is 25.0 Å². The smallest absolute Gasteiger partial charge is 0.149 e. The molecule has 2 N–H and O–H groups in total. The van der Waals surface area contributed by atoms with Crippen molar-refractivity contribution in [1.82, 2.24) is 10.6 Å². The molecule has 2 aromatic rings. The van der Waals surface area contributed by atoms with Crippen molar-refractivity contribution in [2.24, 2.45) is 4.99 Å². The van der Waals surface area contributed by atoms with Crippen LogP contribution in [0.5, 0.6) is 11.5 Å². The Morgan fingerprint density at radius 1 is 1.32 bits per heavy atom. The number of nitrogens with zero attached hydrogens (tertiary/aromatic N) is 1. The van der Waals surface area contributed by atoms with Crippen LogP contribution < -0.4 is 15.4 Å². The molecule has 0 aromatic heterocycles. The molecule has 3 rings (SSSR count). The van der Waals surface area contributed by atoms with Crippen molar-refractivity contribution in [2.45, 2.75) is 39.5 Å². The van der Waals surface area contributed by atoms with Crippen molar-refractivity contribution in [3.8, 4) is 11.5 Å². The van der Waals surface area contributed by atoms with E-state index >= 15 is 0 Å². The summed E-state index contributed by atoms with van der Waals surface area (Å²) in [6, 6.07) is 10.0. The highest BCUT2D eigenvalue weighted by molar-refractivity contribution is 14.1. The fraction of sp³-hybridized carbons (Fsp3) is 0.381. The SMILES string of the molecule is Cc1cc(Oc2ccc(Br)c(I)c2)c(C)cc1/N=C/NC1(C)CNCC(C)O1. The highest BCUT2D eigenvalue weighted by Crippen LogP contribution is 2.33. The number of hydrogen-bond acceptors (Lipinski definition) is 4. The van der Waals surface area contributed by atoms with E-state index in [0.29, 0.717) is 0 Å². The first kappa shape index (κ1) is 21.5. The van der Waals surface area contributed by atoms with Crippen molar-refractivity contribution in [2.75, 3.05) is 13.1 Å². The van der Waals surface area contributed by atoms with Crippen LogP contribution >= 0.6 is 38.5 Å². The lowest BCUT2D eigenvalue weighted by atomic mass is 10.1. The third-order valence-electron chi connectivity index (χ3n) is 4.54. The van der Waals surface area contributed by atoms with Gasteiger partial charge in [0.1, 0.15) is 17.2 Å². The molecular weight excluding hydrogens is 533 g/mol. The molecule has 7 heteroatoms. The molecule has 1 saturated heterocycles.